The Kier molecular flexibility index (Phi) is 4.29. The van der Waals surface area contributed by atoms with Gasteiger partial charge in [0.1, 0.15) is 5.69 Å². The minimum absolute atomic E-state index is 0.195. The zero-order valence-electron chi connectivity index (χ0n) is 12.7. The molecule has 0 radical (unpaired) electrons. The number of aryl methyl sites for hydroxylation is 2. The summed E-state index contributed by atoms with van der Waals surface area (Å²) < 4.78 is 7.58. The van der Waals surface area contributed by atoms with Crippen LogP contribution in [-0.2, 0) is 6.54 Å². The number of halogens is 1. The predicted molar refractivity (Wildman–Crippen MR) is 89.4 cm³/mol. The maximum absolute atomic E-state index is 12.5. The number of amides is 1. The molecular formula is C16H15BrN4O2. The molecule has 0 aliphatic rings. The van der Waals surface area contributed by atoms with Crippen LogP contribution in [0.5, 0.6) is 0 Å². The van der Waals surface area contributed by atoms with Crippen LogP contribution < -0.4 is 5.32 Å². The molecule has 3 aromatic rings. The van der Waals surface area contributed by atoms with Crippen LogP contribution in [0.1, 0.15) is 27.8 Å². The second kappa shape index (κ2) is 6.37. The minimum atomic E-state index is -0.195. The van der Waals surface area contributed by atoms with Crippen molar-refractivity contribution < 1.29 is 9.32 Å². The number of aromatic nitrogens is 3. The summed E-state index contributed by atoms with van der Waals surface area (Å²) in [6, 6.07) is 9.34. The van der Waals surface area contributed by atoms with Gasteiger partial charge in [0.2, 0.25) is 5.89 Å². The Balaban J connectivity index is 1.79. The van der Waals surface area contributed by atoms with E-state index in [1.54, 1.807) is 17.6 Å². The van der Waals surface area contributed by atoms with Gasteiger partial charge in [-0.1, -0.05) is 11.2 Å². The summed E-state index contributed by atoms with van der Waals surface area (Å²) in [4.78, 5) is 16.7. The van der Waals surface area contributed by atoms with Gasteiger partial charge < -0.3 is 14.4 Å². The fourth-order valence-electron chi connectivity index (χ4n) is 2.22. The highest BCUT2D eigenvalue weighted by Gasteiger charge is 2.14. The van der Waals surface area contributed by atoms with Crippen LogP contribution in [0.2, 0.25) is 0 Å². The highest BCUT2D eigenvalue weighted by Crippen LogP contribution is 2.24. The van der Waals surface area contributed by atoms with Crippen LogP contribution in [0.4, 0.5) is 5.69 Å². The molecule has 7 heteroatoms. The van der Waals surface area contributed by atoms with Gasteiger partial charge in [0.05, 0.1) is 12.2 Å². The molecule has 6 nitrogen and oxygen atoms in total. The molecule has 118 valence electrons. The molecular weight excluding hydrogens is 360 g/mol. The van der Waals surface area contributed by atoms with Gasteiger partial charge in [-0.25, -0.2) is 0 Å². The van der Waals surface area contributed by atoms with E-state index in [0.717, 1.165) is 15.7 Å². The molecule has 0 unspecified atom stereocenters. The molecule has 1 amide bonds. The van der Waals surface area contributed by atoms with Crippen LogP contribution in [0.3, 0.4) is 0 Å². The van der Waals surface area contributed by atoms with Crippen LogP contribution in [0.25, 0.3) is 0 Å². The first-order valence-corrected chi connectivity index (χ1v) is 7.84. The topological polar surface area (TPSA) is 73.0 Å². The van der Waals surface area contributed by atoms with Gasteiger partial charge in [-0.15, -0.1) is 0 Å². The van der Waals surface area contributed by atoms with Crippen molar-refractivity contribution in [1.82, 2.24) is 14.7 Å². The van der Waals surface area contributed by atoms with E-state index in [0.29, 0.717) is 24.0 Å². The number of carbonyl (C=O) groups is 1. The Labute approximate surface area is 141 Å². The fourth-order valence-corrected chi connectivity index (χ4v) is 2.82. The van der Waals surface area contributed by atoms with Crippen molar-refractivity contribution in [3.05, 3.63) is 64.0 Å². The third kappa shape index (κ3) is 3.50. The standard InChI is InChI=1S/C16H15BrN4O2/c1-10-5-6-13(12(17)8-10)19-16(22)14-4-3-7-21(14)9-15-18-11(2)23-20-15/h3-8H,9H2,1-2H3,(H,19,22). The normalized spacial score (nSPS) is 10.7. The number of nitrogens with one attached hydrogen (secondary N) is 1. The molecule has 0 aliphatic carbocycles. The Hall–Kier alpha value is -2.41. The van der Waals surface area contributed by atoms with Gasteiger partial charge in [-0.2, -0.15) is 4.98 Å². The molecule has 2 aromatic heterocycles. The largest absolute Gasteiger partial charge is 0.340 e. The predicted octanol–water partition coefficient (Wildman–Crippen LogP) is 3.55. The number of benzene rings is 1. The molecule has 0 aliphatic heterocycles. The third-order valence-electron chi connectivity index (χ3n) is 3.32. The monoisotopic (exact) mass is 374 g/mol. The Bertz CT molecular complexity index is 853. The molecule has 1 N–H and O–H groups in total. The van der Waals surface area contributed by atoms with Crippen molar-refractivity contribution in [2.75, 3.05) is 5.32 Å². The van der Waals surface area contributed by atoms with Crippen LogP contribution >= 0.6 is 15.9 Å². The number of rotatable bonds is 4. The number of carbonyl (C=O) groups excluding carboxylic acids is 1. The maximum atomic E-state index is 12.5. The molecule has 2 heterocycles. The number of anilines is 1. The minimum Gasteiger partial charge on any atom is -0.340 e. The molecule has 1 aromatic carbocycles. The van der Waals surface area contributed by atoms with Crippen molar-refractivity contribution in [2.24, 2.45) is 0 Å². The molecule has 0 bridgehead atoms. The van der Waals surface area contributed by atoms with Crippen LogP contribution in [-0.4, -0.2) is 20.6 Å². The van der Waals surface area contributed by atoms with E-state index in [-0.39, 0.29) is 5.91 Å². The lowest BCUT2D eigenvalue weighted by Gasteiger charge is -2.10. The SMILES string of the molecule is Cc1ccc(NC(=O)c2cccn2Cc2noc(C)n2)c(Br)c1. The van der Waals surface area contributed by atoms with Crippen molar-refractivity contribution in [3.63, 3.8) is 0 Å². The zero-order chi connectivity index (χ0) is 16.4. The molecule has 0 fully saturated rings. The van der Waals surface area contributed by atoms with E-state index in [9.17, 15) is 4.79 Å². The molecule has 3 rings (SSSR count). The van der Waals surface area contributed by atoms with Crippen LogP contribution in [0.15, 0.2) is 45.5 Å². The first-order chi connectivity index (χ1) is 11.0. The quantitative estimate of drug-likeness (QED) is 0.757. The number of hydrogen-bond acceptors (Lipinski definition) is 4. The lowest BCUT2D eigenvalue weighted by molar-refractivity contribution is 0.101. The Morgan fingerprint density at radius 1 is 1.35 bits per heavy atom. The summed E-state index contributed by atoms with van der Waals surface area (Å²) in [5.41, 5.74) is 2.37. The van der Waals surface area contributed by atoms with Crippen molar-refractivity contribution in [3.8, 4) is 0 Å². The highest BCUT2D eigenvalue weighted by atomic mass is 79.9. The van der Waals surface area contributed by atoms with E-state index in [2.05, 4.69) is 31.4 Å². The summed E-state index contributed by atoms with van der Waals surface area (Å²) in [6.07, 6.45) is 1.81. The third-order valence-corrected chi connectivity index (χ3v) is 3.97. The molecule has 0 atom stereocenters. The zero-order valence-corrected chi connectivity index (χ0v) is 14.3. The van der Waals surface area contributed by atoms with Gasteiger partial charge >= 0.3 is 0 Å². The molecule has 23 heavy (non-hydrogen) atoms. The van der Waals surface area contributed by atoms with E-state index in [1.807, 2.05) is 37.4 Å². The van der Waals surface area contributed by atoms with E-state index < -0.39 is 0 Å². The summed E-state index contributed by atoms with van der Waals surface area (Å²) in [6.45, 7) is 4.10. The van der Waals surface area contributed by atoms with Gasteiger partial charge in [-0.3, -0.25) is 4.79 Å². The average molecular weight is 375 g/mol. The maximum Gasteiger partial charge on any atom is 0.272 e. The second-order valence-electron chi connectivity index (χ2n) is 5.19. The first-order valence-electron chi connectivity index (χ1n) is 7.05. The lowest BCUT2D eigenvalue weighted by atomic mass is 10.2. The smallest absolute Gasteiger partial charge is 0.272 e. The van der Waals surface area contributed by atoms with Crippen molar-refractivity contribution in [1.29, 1.82) is 0 Å². The molecule has 0 saturated carbocycles. The van der Waals surface area contributed by atoms with Gasteiger partial charge in [0.15, 0.2) is 5.82 Å². The second-order valence-corrected chi connectivity index (χ2v) is 6.04. The molecule has 0 saturated heterocycles. The highest BCUT2D eigenvalue weighted by molar-refractivity contribution is 9.10. The van der Waals surface area contributed by atoms with E-state index >= 15 is 0 Å². The van der Waals surface area contributed by atoms with E-state index in [1.165, 1.54) is 0 Å². The molecule has 0 spiro atoms. The summed E-state index contributed by atoms with van der Waals surface area (Å²) in [5, 5.41) is 6.75. The summed E-state index contributed by atoms with van der Waals surface area (Å²) in [7, 11) is 0. The first kappa shape index (κ1) is 15.5. The van der Waals surface area contributed by atoms with Crippen molar-refractivity contribution >= 4 is 27.5 Å². The average Bonchev–Trinajstić information content (AvgIpc) is 3.11. The summed E-state index contributed by atoms with van der Waals surface area (Å²) in [5.74, 6) is 0.839. The summed E-state index contributed by atoms with van der Waals surface area (Å²) >= 11 is 3.46. The van der Waals surface area contributed by atoms with Crippen LogP contribution in [0, 0.1) is 13.8 Å². The Morgan fingerprint density at radius 2 is 2.17 bits per heavy atom. The number of nitrogens with zero attached hydrogens (tertiary/aromatic N) is 3. The van der Waals surface area contributed by atoms with Gasteiger partial charge in [0, 0.05) is 17.6 Å². The van der Waals surface area contributed by atoms with Gasteiger partial charge in [-0.05, 0) is 52.7 Å². The Morgan fingerprint density at radius 3 is 2.87 bits per heavy atom. The van der Waals surface area contributed by atoms with E-state index in [4.69, 9.17) is 4.52 Å². The number of hydrogen-bond donors (Lipinski definition) is 1. The lowest BCUT2D eigenvalue weighted by Crippen LogP contribution is -2.17. The van der Waals surface area contributed by atoms with Gasteiger partial charge in [0.25, 0.3) is 5.91 Å². The van der Waals surface area contributed by atoms with Crippen molar-refractivity contribution in [2.45, 2.75) is 20.4 Å². The fraction of sp³-hybridized carbons (Fsp3) is 0.188.